The molecule has 1 aromatic rings. The van der Waals surface area contributed by atoms with Gasteiger partial charge in [0, 0.05) is 0 Å². The van der Waals surface area contributed by atoms with Gasteiger partial charge >= 0.3 is 5.97 Å². The van der Waals surface area contributed by atoms with Crippen molar-refractivity contribution >= 4 is 39.2 Å². The number of quaternary nitrogens is 1. The van der Waals surface area contributed by atoms with Crippen LogP contribution in [0.5, 0.6) is 0 Å². The van der Waals surface area contributed by atoms with Crippen LogP contribution in [0.2, 0.25) is 10.0 Å². The molecule has 25 heavy (non-hydrogen) atoms. The smallest absolute Gasteiger partial charge is 0.362 e. The van der Waals surface area contributed by atoms with Crippen molar-refractivity contribution < 1.29 is 22.8 Å². The number of hydrogen-bond donors (Lipinski definition) is 1. The van der Waals surface area contributed by atoms with E-state index in [9.17, 15) is 13.2 Å². The number of nitrogens with zero attached hydrogens (tertiary/aromatic N) is 1. The number of rotatable bonds is 4. The summed E-state index contributed by atoms with van der Waals surface area (Å²) in [6.07, 6.45) is 0. The highest BCUT2D eigenvalue weighted by Gasteiger charge is 2.32. The number of hydrogen-bond acceptors (Lipinski definition) is 4. The lowest BCUT2D eigenvalue weighted by molar-refractivity contribution is -0.896. The highest BCUT2D eigenvalue weighted by molar-refractivity contribution is 7.89. The molecule has 0 amide bonds. The van der Waals surface area contributed by atoms with Crippen molar-refractivity contribution in [3.63, 3.8) is 0 Å². The van der Waals surface area contributed by atoms with E-state index in [0.29, 0.717) is 31.2 Å². The second kappa shape index (κ2) is 7.80. The Kier molecular flexibility index (Phi) is 6.38. The van der Waals surface area contributed by atoms with Crippen molar-refractivity contribution in [1.29, 1.82) is 0 Å². The van der Waals surface area contributed by atoms with Crippen molar-refractivity contribution in [3.05, 3.63) is 28.2 Å². The average Bonchev–Trinajstić information content (AvgIpc) is 2.48. The van der Waals surface area contributed by atoms with E-state index in [2.05, 4.69) is 0 Å². The lowest BCUT2D eigenvalue weighted by atomic mass is 10.2. The number of halogens is 2. The molecule has 1 heterocycles. The van der Waals surface area contributed by atoms with Crippen LogP contribution in [0.15, 0.2) is 23.1 Å². The minimum absolute atomic E-state index is 0.123. The Hall–Kier alpha value is -0.860. The molecule has 2 rings (SSSR count). The van der Waals surface area contributed by atoms with Gasteiger partial charge in [0.1, 0.15) is 5.60 Å². The third-order valence-corrected chi connectivity index (χ3v) is 6.41. The molecule has 1 fully saturated rings. The maximum Gasteiger partial charge on any atom is 0.362 e. The van der Waals surface area contributed by atoms with Gasteiger partial charge in [0.25, 0.3) is 0 Å². The SMILES string of the molecule is CC(C)(C)OC(=O)C[NH+]1CCN(S(=O)(=O)c2ccc(Cl)c(Cl)c2)CC1. The molecule has 9 heteroatoms. The van der Waals surface area contributed by atoms with Crippen molar-refractivity contribution in [2.75, 3.05) is 32.7 Å². The van der Waals surface area contributed by atoms with Crippen LogP contribution in [0.4, 0.5) is 0 Å². The summed E-state index contributed by atoms with van der Waals surface area (Å²) in [5.41, 5.74) is -0.518. The van der Waals surface area contributed by atoms with Gasteiger partial charge in [-0.1, -0.05) is 23.2 Å². The maximum atomic E-state index is 12.7. The second-order valence-corrected chi connectivity index (χ2v) is 9.75. The van der Waals surface area contributed by atoms with Crippen LogP contribution >= 0.6 is 23.2 Å². The van der Waals surface area contributed by atoms with E-state index in [4.69, 9.17) is 27.9 Å². The van der Waals surface area contributed by atoms with Crippen LogP contribution < -0.4 is 4.90 Å². The Morgan fingerprint density at radius 3 is 2.32 bits per heavy atom. The van der Waals surface area contributed by atoms with E-state index in [1.165, 1.54) is 22.5 Å². The number of nitrogens with one attached hydrogen (secondary N) is 1. The molecule has 1 saturated heterocycles. The quantitative estimate of drug-likeness (QED) is 0.759. The van der Waals surface area contributed by atoms with Gasteiger partial charge in [-0.05, 0) is 39.0 Å². The summed E-state index contributed by atoms with van der Waals surface area (Å²) in [6, 6.07) is 4.28. The molecule has 0 unspecified atom stereocenters. The molecule has 0 aliphatic carbocycles. The van der Waals surface area contributed by atoms with E-state index >= 15 is 0 Å². The molecule has 1 N–H and O–H groups in total. The first-order chi connectivity index (χ1) is 11.5. The number of piperazine rings is 1. The van der Waals surface area contributed by atoms with Gasteiger partial charge in [-0.2, -0.15) is 4.31 Å². The topological polar surface area (TPSA) is 68.1 Å². The van der Waals surface area contributed by atoms with E-state index in [-0.39, 0.29) is 22.4 Å². The number of carbonyl (C=O) groups excluding carboxylic acids is 1. The zero-order valence-corrected chi connectivity index (χ0v) is 16.8. The van der Waals surface area contributed by atoms with Gasteiger partial charge in [-0.3, -0.25) is 0 Å². The van der Waals surface area contributed by atoms with Gasteiger partial charge in [-0.25, -0.2) is 13.2 Å². The zero-order chi connectivity index (χ0) is 18.8. The van der Waals surface area contributed by atoms with E-state index in [0.717, 1.165) is 4.90 Å². The van der Waals surface area contributed by atoms with Crippen LogP contribution in [-0.4, -0.2) is 57.0 Å². The summed E-state index contributed by atoms with van der Waals surface area (Å²) >= 11 is 11.8. The number of sulfonamides is 1. The summed E-state index contributed by atoms with van der Waals surface area (Å²) in [5, 5.41) is 0.518. The van der Waals surface area contributed by atoms with Gasteiger partial charge in [0.05, 0.1) is 41.1 Å². The first kappa shape index (κ1) is 20.5. The molecule has 0 bridgehead atoms. The van der Waals surface area contributed by atoms with E-state index < -0.39 is 15.6 Å². The lowest BCUT2D eigenvalue weighted by Gasteiger charge is -2.31. The Balaban J connectivity index is 1.97. The second-order valence-electron chi connectivity index (χ2n) is 6.99. The van der Waals surface area contributed by atoms with Crippen LogP contribution in [-0.2, 0) is 19.6 Å². The van der Waals surface area contributed by atoms with Crippen LogP contribution in [0, 0.1) is 0 Å². The lowest BCUT2D eigenvalue weighted by Crippen LogP contribution is -3.15. The third-order valence-electron chi connectivity index (χ3n) is 3.77. The molecule has 1 aliphatic rings. The fraction of sp³-hybridized carbons (Fsp3) is 0.562. The van der Waals surface area contributed by atoms with Gasteiger partial charge in [0.2, 0.25) is 10.0 Å². The van der Waals surface area contributed by atoms with Gasteiger partial charge in [-0.15, -0.1) is 0 Å². The van der Waals surface area contributed by atoms with E-state index in [1.807, 2.05) is 20.8 Å². The molecule has 0 radical (unpaired) electrons. The first-order valence-electron chi connectivity index (χ1n) is 8.00. The van der Waals surface area contributed by atoms with Crippen molar-refractivity contribution in [2.45, 2.75) is 31.3 Å². The largest absolute Gasteiger partial charge is 0.456 e. The third kappa shape index (κ3) is 5.56. The minimum Gasteiger partial charge on any atom is -0.456 e. The number of ether oxygens (including phenoxy) is 1. The summed E-state index contributed by atoms with van der Waals surface area (Å²) in [7, 11) is -3.62. The highest BCUT2D eigenvalue weighted by Crippen LogP contribution is 2.26. The molecule has 0 saturated carbocycles. The van der Waals surface area contributed by atoms with Crippen molar-refractivity contribution in [1.82, 2.24) is 4.31 Å². The summed E-state index contributed by atoms with van der Waals surface area (Å²) in [5.74, 6) is -0.275. The predicted octanol–water partition coefficient (Wildman–Crippen LogP) is 1.22. The molecule has 0 spiro atoms. The average molecular weight is 410 g/mol. The fourth-order valence-electron chi connectivity index (χ4n) is 2.59. The fourth-order valence-corrected chi connectivity index (χ4v) is 4.42. The predicted molar refractivity (Wildman–Crippen MR) is 96.6 cm³/mol. The summed E-state index contributed by atoms with van der Waals surface area (Å²) in [4.78, 5) is 13.0. The van der Waals surface area contributed by atoms with Crippen molar-refractivity contribution in [2.24, 2.45) is 0 Å². The Labute approximate surface area is 158 Å². The molecular formula is C16H23Cl2N2O4S+. The monoisotopic (exact) mass is 409 g/mol. The normalized spacial score (nSPS) is 17.5. The molecule has 0 aromatic heterocycles. The molecule has 1 aromatic carbocycles. The number of esters is 1. The van der Waals surface area contributed by atoms with Gasteiger partial charge in [0.15, 0.2) is 6.54 Å². The van der Waals surface area contributed by atoms with Crippen LogP contribution in [0.3, 0.4) is 0 Å². The first-order valence-corrected chi connectivity index (χ1v) is 10.2. The standard InChI is InChI=1S/C16H22Cl2N2O4S/c1-16(2,3)24-15(21)11-19-6-8-20(9-7-19)25(22,23)12-4-5-13(17)14(18)10-12/h4-5,10H,6-9,11H2,1-3H3/p+1. The highest BCUT2D eigenvalue weighted by atomic mass is 35.5. The Morgan fingerprint density at radius 1 is 1.20 bits per heavy atom. The Bertz CT molecular complexity index is 739. The van der Waals surface area contributed by atoms with Crippen LogP contribution in [0.25, 0.3) is 0 Å². The molecule has 140 valence electrons. The van der Waals surface area contributed by atoms with Gasteiger partial charge < -0.3 is 9.64 Å². The van der Waals surface area contributed by atoms with Crippen molar-refractivity contribution in [3.8, 4) is 0 Å². The summed E-state index contributed by atoms with van der Waals surface area (Å²) < 4.78 is 32.1. The summed E-state index contributed by atoms with van der Waals surface area (Å²) in [6.45, 7) is 7.45. The number of benzene rings is 1. The maximum absolute atomic E-state index is 12.7. The molecule has 6 nitrogen and oxygen atoms in total. The zero-order valence-electron chi connectivity index (χ0n) is 14.5. The number of carbonyl (C=O) groups is 1. The minimum atomic E-state index is -3.62. The molecular weight excluding hydrogens is 387 g/mol. The van der Waals surface area contributed by atoms with E-state index in [1.54, 1.807) is 0 Å². The Morgan fingerprint density at radius 2 is 1.80 bits per heavy atom. The molecule has 1 aliphatic heterocycles. The molecule has 0 atom stereocenters. The van der Waals surface area contributed by atoms with Crippen LogP contribution in [0.1, 0.15) is 20.8 Å².